The van der Waals surface area contributed by atoms with E-state index in [0.29, 0.717) is 0 Å². The molecule has 0 saturated carbocycles. The van der Waals surface area contributed by atoms with Crippen LogP contribution in [0.15, 0.2) is 12.1 Å². The van der Waals surface area contributed by atoms with E-state index in [2.05, 4.69) is 51.7 Å². The Morgan fingerprint density at radius 1 is 1.10 bits per heavy atom. The van der Waals surface area contributed by atoms with E-state index in [9.17, 15) is 0 Å². The van der Waals surface area contributed by atoms with Gasteiger partial charge in [-0.3, -0.25) is 0 Å². The molecule has 0 atom stereocenters. The first-order valence-electron chi connectivity index (χ1n) is 7.99. The molecule has 1 aromatic rings. The van der Waals surface area contributed by atoms with E-state index in [4.69, 9.17) is 9.31 Å². The molecule has 3 rings (SSSR count). The summed E-state index contributed by atoms with van der Waals surface area (Å²) in [6.07, 6.45) is 2.59. The third-order valence-electron chi connectivity index (χ3n) is 5.19. The first kappa shape index (κ1) is 15.4. The van der Waals surface area contributed by atoms with Gasteiger partial charge in [0.1, 0.15) is 0 Å². The van der Waals surface area contributed by atoms with Crippen molar-refractivity contribution in [3.05, 3.63) is 12.1 Å². The minimum atomic E-state index is -0.262. The maximum absolute atomic E-state index is 6.14. The van der Waals surface area contributed by atoms with Gasteiger partial charge >= 0.3 is 7.12 Å². The Kier molecular flexibility index (Phi) is 3.87. The molecule has 2 aliphatic heterocycles. The van der Waals surface area contributed by atoms with Crippen molar-refractivity contribution in [3.8, 4) is 0 Å². The summed E-state index contributed by atoms with van der Waals surface area (Å²) in [6.45, 7) is 13.1. The molecule has 0 amide bonds. The average molecular weight is 307 g/mol. The Balaban J connectivity index is 1.71. The van der Waals surface area contributed by atoms with Gasteiger partial charge in [-0.15, -0.1) is 11.3 Å². The van der Waals surface area contributed by atoms with Crippen LogP contribution in [-0.2, 0) is 9.31 Å². The molecule has 0 aliphatic carbocycles. The van der Waals surface area contributed by atoms with E-state index in [1.807, 2.05) is 11.3 Å². The average Bonchev–Trinajstić information content (AvgIpc) is 2.94. The van der Waals surface area contributed by atoms with Crippen LogP contribution in [0.3, 0.4) is 0 Å². The number of thiophene rings is 1. The maximum Gasteiger partial charge on any atom is 0.505 e. The van der Waals surface area contributed by atoms with Crippen LogP contribution < -0.4 is 9.68 Å². The summed E-state index contributed by atoms with van der Waals surface area (Å²) in [4.78, 5) is 2.50. The highest BCUT2D eigenvalue weighted by Crippen LogP contribution is 2.37. The smallest absolute Gasteiger partial charge is 0.399 e. The van der Waals surface area contributed by atoms with E-state index in [0.717, 1.165) is 5.92 Å². The molecule has 0 unspecified atom stereocenters. The SMILES string of the molecule is CC1CCN(c2ccc(B3OC(C)(C)C(C)(C)O3)s2)CC1. The molecule has 0 bridgehead atoms. The molecular formula is C16H26BNO2S. The van der Waals surface area contributed by atoms with Crippen LogP contribution in [0.5, 0.6) is 0 Å². The second-order valence-electron chi connectivity index (χ2n) is 7.43. The van der Waals surface area contributed by atoms with Gasteiger partial charge in [-0.1, -0.05) is 6.92 Å². The van der Waals surface area contributed by atoms with Gasteiger partial charge in [0.15, 0.2) is 0 Å². The molecule has 3 nitrogen and oxygen atoms in total. The number of rotatable bonds is 2. The van der Waals surface area contributed by atoms with Gasteiger partial charge in [-0.05, 0) is 58.6 Å². The second kappa shape index (κ2) is 5.29. The summed E-state index contributed by atoms with van der Waals surface area (Å²) >= 11 is 1.82. The number of nitrogens with zero attached hydrogens (tertiary/aromatic N) is 1. The molecule has 2 saturated heterocycles. The van der Waals surface area contributed by atoms with E-state index < -0.39 is 0 Å². The monoisotopic (exact) mass is 307 g/mol. The molecule has 3 heterocycles. The highest BCUT2D eigenvalue weighted by atomic mass is 32.1. The molecule has 2 aliphatic rings. The molecule has 116 valence electrons. The zero-order valence-corrected chi connectivity index (χ0v) is 14.6. The highest BCUT2D eigenvalue weighted by molar-refractivity contribution is 7.25. The van der Waals surface area contributed by atoms with Crippen molar-refractivity contribution in [2.75, 3.05) is 18.0 Å². The molecule has 2 fully saturated rings. The lowest BCUT2D eigenvalue weighted by atomic mass is 9.88. The highest BCUT2D eigenvalue weighted by Gasteiger charge is 2.52. The lowest BCUT2D eigenvalue weighted by molar-refractivity contribution is 0.00578. The Morgan fingerprint density at radius 2 is 1.67 bits per heavy atom. The molecule has 0 spiro atoms. The largest absolute Gasteiger partial charge is 0.505 e. The quantitative estimate of drug-likeness (QED) is 0.783. The van der Waals surface area contributed by atoms with Crippen LogP contribution >= 0.6 is 11.3 Å². The molecule has 0 N–H and O–H groups in total. The second-order valence-corrected chi connectivity index (χ2v) is 8.53. The fourth-order valence-electron chi connectivity index (χ4n) is 2.83. The summed E-state index contributed by atoms with van der Waals surface area (Å²) in [5.41, 5.74) is -0.523. The van der Waals surface area contributed by atoms with Crippen LogP contribution in [-0.4, -0.2) is 31.4 Å². The number of anilines is 1. The first-order valence-corrected chi connectivity index (χ1v) is 8.80. The minimum Gasteiger partial charge on any atom is -0.399 e. The van der Waals surface area contributed by atoms with Crippen LogP contribution in [0.25, 0.3) is 0 Å². The Hall–Kier alpha value is -0.515. The van der Waals surface area contributed by atoms with Crippen molar-refractivity contribution >= 4 is 28.2 Å². The van der Waals surface area contributed by atoms with Crippen molar-refractivity contribution in [1.82, 2.24) is 0 Å². The van der Waals surface area contributed by atoms with Gasteiger partial charge in [0.25, 0.3) is 0 Å². The Morgan fingerprint density at radius 3 is 2.24 bits per heavy atom. The van der Waals surface area contributed by atoms with Crippen LogP contribution in [0.4, 0.5) is 5.00 Å². The zero-order valence-electron chi connectivity index (χ0n) is 13.8. The van der Waals surface area contributed by atoms with Gasteiger partial charge in [-0.25, -0.2) is 0 Å². The molecule has 0 radical (unpaired) electrons. The van der Waals surface area contributed by atoms with Crippen LogP contribution in [0, 0.1) is 5.92 Å². The molecular weight excluding hydrogens is 281 g/mol. The third kappa shape index (κ3) is 2.88. The van der Waals surface area contributed by atoms with E-state index in [-0.39, 0.29) is 18.3 Å². The van der Waals surface area contributed by atoms with Gasteiger partial charge in [0.05, 0.1) is 16.2 Å². The van der Waals surface area contributed by atoms with Crippen LogP contribution in [0.2, 0.25) is 0 Å². The molecule has 5 heteroatoms. The number of piperidine rings is 1. The fraction of sp³-hybridized carbons (Fsp3) is 0.750. The van der Waals surface area contributed by atoms with Crippen molar-refractivity contribution in [1.29, 1.82) is 0 Å². The molecule has 1 aromatic heterocycles. The van der Waals surface area contributed by atoms with E-state index in [1.165, 1.54) is 35.7 Å². The van der Waals surface area contributed by atoms with E-state index in [1.54, 1.807) is 0 Å². The summed E-state index contributed by atoms with van der Waals surface area (Å²) < 4.78 is 13.5. The predicted octanol–water partition coefficient (Wildman–Crippen LogP) is 3.28. The Bertz CT molecular complexity index is 490. The van der Waals surface area contributed by atoms with Gasteiger partial charge in [0, 0.05) is 17.9 Å². The van der Waals surface area contributed by atoms with Gasteiger partial charge in [-0.2, -0.15) is 0 Å². The summed E-state index contributed by atoms with van der Waals surface area (Å²) in [5, 5.41) is 1.35. The van der Waals surface area contributed by atoms with Crippen molar-refractivity contribution in [2.24, 2.45) is 5.92 Å². The lowest BCUT2D eigenvalue weighted by Crippen LogP contribution is -2.41. The van der Waals surface area contributed by atoms with Crippen LogP contribution in [0.1, 0.15) is 47.5 Å². The fourth-order valence-corrected chi connectivity index (χ4v) is 3.84. The summed E-state index contributed by atoms with van der Waals surface area (Å²) in [5.74, 6) is 0.865. The number of hydrogen-bond acceptors (Lipinski definition) is 4. The maximum atomic E-state index is 6.14. The molecule has 21 heavy (non-hydrogen) atoms. The number of hydrogen-bond donors (Lipinski definition) is 0. The Labute approximate surface area is 132 Å². The standard InChI is InChI=1S/C16H26BNO2S/c1-12-8-10-18(11-9-12)14-7-6-13(21-14)17-19-15(2,3)16(4,5)20-17/h6-7,12H,8-11H2,1-5H3. The molecule has 0 aromatic carbocycles. The normalized spacial score (nSPS) is 25.6. The summed E-state index contributed by atoms with van der Waals surface area (Å²) in [7, 11) is -0.225. The predicted molar refractivity (Wildman–Crippen MR) is 90.6 cm³/mol. The lowest BCUT2D eigenvalue weighted by Gasteiger charge is -2.32. The third-order valence-corrected chi connectivity index (χ3v) is 6.36. The summed E-state index contributed by atoms with van der Waals surface area (Å²) in [6, 6.07) is 4.39. The van der Waals surface area contributed by atoms with Crippen molar-refractivity contribution in [3.63, 3.8) is 0 Å². The van der Waals surface area contributed by atoms with Crippen molar-refractivity contribution < 1.29 is 9.31 Å². The zero-order chi connectivity index (χ0) is 15.3. The topological polar surface area (TPSA) is 21.7 Å². The first-order chi connectivity index (χ1) is 9.78. The minimum absolute atomic E-state index is 0.225. The van der Waals surface area contributed by atoms with Gasteiger partial charge < -0.3 is 14.2 Å². The van der Waals surface area contributed by atoms with Crippen molar-refractivity contribution in [2.45, 2.75) is 58.7 Å². The van der Waals surface area contributed by atoms with E-state index >= 15 is 0 Å². The van der Waals surface area contributed by atoms with Gasteiger partial charge in [0.2, 0.25) is 0 Å².